The number of hydrogen-bond donors (Lipinski definition) is 3. The normalized spacial score (nSPS) is 12.9. The third-order valence-electron chi connectivity index (χ3n) is 14.1. The molecule has 0 heterocycles. The Labute approximate surface area is 436 Å². The van der Waals surface area contributed by atoms with E-state index in [-0.39, 0.29) is 18.5 Å². The van der Waals surface area contributed by atoms with Crippen LogP contribution in [0, 0.1) is 0 Å². The molecule has 0 aromatic carbocycles. The summed E-state index contributed by atoms with van der Waals surface area (Å²) >= 11 is 0. The molecule has 1 amide bonds. The number of hydrogen-bond acceptors (Lipinski definition) is 5. The van der Waals surface area contributed by atoms with E-state index in [0.717, 1.165) is 70.6 Å². The molecule has 6 nitrogen and oxygen atoms in total. The Hall–Kier alpha value is -2.18. The van der Waals surface area contributed by atoms with E-state index in [4.69, 9.17) is 4.74 Å². The number of amides is 1. The molecule has 0 aromatic rings. The number of esters is 1. The molecule has 0 spiro atoms. The number of nitrogens with one attached hydrogen (secondary N) is 1. The fraction of sp³-hybridized carbons (Fsp3) is 0.844. The lowest BCUT2D eigenvalue weighted by Crippen LogP contribution is -2.45. The molecule has 6 heteroatoms. The topological polar surface area (TPSA) is 95.9 Å². The van der Waals surface area contributed by atoms with Crippen LogP contribution in [0.5, 0.6) is 0 Å². The second-order valence-electron chi connectivity index (χ2n) is 21.0. The average Bonchev–Trinajstić information content (AvgIpc) is 3.36. The Balaban J connectivity index is 3.44. The molecule has 70 heavy (non-hydrogen) atoms. The van der Waals surface area contributed by atoms with Crippen molar-refractivity contribution in [1.29, 1.82) is 0 Å². The van der Waals surface area contributed by atoms with Crippen LogP contribution in [0.15, 0.2) is 48.6 Å². The first kappa shape index (κ1) is 67.8. The Morgan fingerprint density at radius 2 is 0.714 bits per heavy atom. The maximum atomic E-state index is 12.4. The Bertz CT molecular complexity index is 1180. The molecule has 0 rings (SSSR count). The maximum Gasteiger partial charge on any atom is 0.305 e. The third-order valence-corrected chi connectivity index (χ3v) is 14.1. The quantitative estimate of drug-likeness (QED) is 0.0321. The van der Waals surface area contributed by atoms with Crippen molar-refractivity contribution in [3.05, 3.63) is 48.6 Å². The van der Waals surface area contributed by atoms with E-state index in [1.54, 1.807) is 0 Å². The zero-order chi connectivity index (χ0) is 50.7. The highest BCUT2D eigenvalue weighted by atomic mass is 16.5. The standard InChI is InChI=1S/C64H119NO5/c1-3-5-7-9-11-13-15-17-18-19-28-31-34-38-42-46-50-54-58-64(69)70-59-55-51-47-43-39-35-32-29-26-24-22-20-21-23-25-27-30-33-37-41-45-49-53-57-63(68)65-61(60-66)62(67)56-52-48-44-40-36-16-14-12-10-8-6-4-2/h13,15,18-20,22-23,25,61-62,66-67H,3-12,14,16-17,21,24,26-60H2,1-2H3,(H,65,68)/b15-13-,19-18-,22-20-,25-23-. The lowest BCUT2D eigenvalue weighted by molar-refractivity contribution is -0.143. The van der Waals surface area contributed by atoms with Gasteiger partial charge in [0.2, 0.25) is 5.91 Å². The van der Waals surface area contributed by atoms with E-state index in [0.29, 0.717) is 25.9 Å². The predicted octanol–water partition coefficient (Wildman–Crippen LogP) is 19.4. The number of ether oxygens (including phenoxy) is 1. The number of aliphatic hydroxyl groups excluding tert-OH is 2. The minimum absolute atomic E-state index is 0.000582. The van der Waals surface area contributed by atoms with Gasteiger partial charge in [-0.15, -0.1) is 0 Å². The molecule has 0 aromatic heterocycles. The van der Waals surface area contributed by atoms with Crippen molar-refractivity contribution in [2.45, 2.75) is 334 Å². The summed E-state index contributed by atoms with van der Waals surface area (Å²) in [6.07, 6.45) is 75.5. The maximum absolute atomic E-state index is 12.4. The van der Waals surface area contributed by atoms with Gasteiger partial charge in [0.05, 0.1) is 25.4 Å². The lowest BCUT2D eigenvalue weighted by Gasteiger charge is -2.22. The Morgan fingerprint density at radius 1 is 0.400 bits per heavy atom. The Morgan fingerprint density at radius 3 is 1.10 bits per heavy atom. The number of carbonyl (C=O) groups excluding carboxylic acids is 2. The monoisotopic (exact) mass is 982 g/mol. The number of unbranched alkanes of at least 4 members (excludes halogenated alkanes) is 38. The van der Waals surface area contributed by atoms with E-state index in [2.05, 4.69) is 67.8 Å². The fourth-order valence-corrected chi connectivity index (χ4v) is 9.35. The molecule has 0 fully saturated rings. The van der Waals surface area contributed by atoms with Crippen molar-refractivity contribution >= 4 is 11.9 Å². The van der Waals surface area contributed by atoms with Gasteiger partial charge in [-0.3, -0.25) is 9.59 Å². The first-order chi connectivity index (χ1) is 34.5. The van der Waals surface area contributed by atoms with Crippen molar-refractivity contribution in [2.75, 3.05) is 13.2 Å². The summed E-state index contributed by atoms with van der Waals surface area (Å²) in [5.41, 5.74) is 0. The van der Waals surface area contributed by atoms with Crippen LogP contribution in [-0.4, -0.2) is 47.4 Å². The zero-order valence-electron chi connectivity index (χ0n) is 46.7. The summed E-state index contributed by atoms with van der Waals surface area (Å²) in [6.45, 7) is 4.92. The highest BCUT2D eigenvalue weighted by Crippen LogP contribution is 2.17. The molecule has 0 aliphatic carbocycles. The zero-order valence-corrected chi connectivity index (χ0v) is 46.7. The second kappa shape index (κ2) is 59.4. The van der Waals surface area contributed by atoms with Gasteiger partial charge in [-0.25, -0.2) is 0 Å². The van der Waals surface area contributed by atoms with Crippen LogP contribution in [0.25, 0.3) is 0 Å². The Kier molecular flexibility index (Phi) is 57.5. The fourth-order valence-electron chi connectivity index (χ4n) is 9.35. The van der Waals surface area contributed by atoms with Gasteiger partial charge in [-0.05, 0) is 89.9 Å². The predicted molar refractivity (Wildman–Crippen MR) is 306 cm³/mol. The van der Waals surface area contributed by atoms with Crippen molar-refractivity contribution in [3.63, 3.8) is 0 Å². The van der Waals surface area contributed by atoms with E-state index in [9.17, 15) is 19.8 Å². The van der Waals surface area contributed by atoms with Gasteiger partial charge in [0, 0.05) is 12.8 Å². The number of aliphatic hydroxyl groups is 2. The molecule has 3 N–H and O–H groups in total. The molecule has 0 aliphatic rings. The average molecular weight is 983 g/mol. The van der Waals surface area contributed by atoms with Crippen molar-refractivity contribution in [3.8, 4) is 0 Å². The number of allylic oxidation sites excluding steroid dienone is 8. The van der Waals surface area contributed by atoms with Gasteiger partial charge in [0.1, 0.15) is 0 Å². The van der Waals surface area contributed by atoms with Crippen LogP contribution in [-0.2, 0) is 14.3 Å². The molecule has 0 aliphatic heterocycles. The molecule has 0 radical (unpaired) electrons. The lowest BCUT2D eigenvalue weighted by atomic mass is 10.0. The summed E-state index contributed by atoms with van der Waals surface area (Å²) in [5.74, 6) is -0.0467. The van der Waals surface area contributed by atoms with Crippen molar-refractivity contribution < 1.29 is 24.5 Å². The van der Waals surface area contributed by atoms with E-state index in [1.807, 2.05) is 0 Å². The van der Waals surface area contributed by atoms with Gasteiger partial charge in [0.25, 0.3) is 0 Å². The van der Waals surface area contributed by atoms with Crippen LogP contribution in [0.2, 0.25) is 0 Å². The molecular weight excluding hydrogens is 863 g/mol. The second-order valence-corrected chi connectivity index (χ2v) is 21.0. The molecule has 0 saturated heterocycles. The molecule has 0 saturated carbocycles. The van der Waals surface area contributed by atoms with Crippen LogP contribution in [0.4, 0.5) is 0 Å². The van der Waals surface area contributed by atoms with Gasteiger partial charge in [-0.2, -0.15) is 0 Å². The van der Waals surface area contributed by atoms with Gasteiger partial charge >= 0.3 is 5.97 Å². The van der Waals surface area contributed by atoms with Gasteiger partial charge in [-0.1, -0.05) is 268 Å². The van der Waals surface area contributed by atoms with E-state index < -0.39 is 12.1 Å². The first-order valence-corrected chi connectivity index (χ1v) is 30.9. The highest BCUT2D eigenvalue weighted by Gasteiger charge is 2.20. The van der Waals surface area contributed by atoms with Crippen molar-refractivity contribution in [1.82, 2.24) is 5.32 Å². The highest BCUT2D eigenvalue weighted by molar-refractivity contribution is 5.76. The summed E-state index contributed by atoms with van der Waals surface area (Å²) in [7, 11) is 0. The van der Waals surface area contributed by atoms with Gasteiger partial charge < -0.3 is 20.3 Å². The molecule has 0 bridgehead atoms. The molecule has 2 unspecified atom stereocenters. The van der Waals surface area contributed by atoms with Crippen LogP contribution in [0.1, 0.15) is 322 Å². The van der Waals surface area contributed by atoms with E-state index in [1.165, 1.54) is 218 Å². The van der Waals surface area contributed by atoms with Crippen LogP contribution in [0.3, 0.4) is 0 Å². The van der Waals surface area contributed by atoms with Crippen LogP contribution < -0.4 is 5.32 Å². The van der Waals surface area contributed by atoms with E-state index >= 15 is 0 Å². The minimum atomic E-state index is -0.671. The SMILES string of the molecule is CCCCCC/C=C\C/C=C\CCCCCCCCCC(=O)OCCCCCCCCCCC/C=C\C/C=C\CCCCCCCCCC(=O)NC(CO)C(O)CCCCCCCCCCCCCC. The summed E-state index contributed by atoms with van der Waals surface area (Å²) in [4.78, 5) is 24.5. The molecule has 410 valence electrons. The van der Waals surface area contributed by atoms with Crippen LogP contribution >= 0.6 is 0 Å². The summed E-state index contributed by atoms with van der Waals surface area (Å²) in [6, 6.07) is -0.549. The molecular formula is C64H119NO5. The summed E-state index contributed by atoms with van der Waals surface area (Å²) < 4.78 is 5.49. The number of carbonyl (C=O) groups is 2. The number of rotatable bonds is 57. The summed E-state index contributed by atoms with van der Waals surface area (Å²) in [5, 5.41) is 23.2. The van der Waals surface area contributed by atoms with Gasteiger partial charge in [0.15, 0.2) is 0 Å². The third kappa shape index (κ3) is 55.1. The minimum Gasteiger partial charge on any atom is -0.466 e. The largest absolute Gasteiger partial charge is 0.466 e. The first-order valence-electron chi connectivity index (χ1n) is 30.9. The van der Waals surface area contributed by atoms with Crippen molar-refractivity contribution in [2.24, 2.45) is 0 Å². The molecule has 2 atom stereocenters. The smallest absolute Gasteiger partial charge is 0.305 e.